The fourth-order valence-corrected chi connectivity index (χ4v) is 2.62. The number of rotatable bonds is 4. The Morgan fingerprint density at radius 2 is 1.58 bits per heavy atom. The molecule has 0 saturated carbocycles. The fraction of sp³-hybridized carbons (Fsp3) is 0.100. The van der Waals surface area contributed by atoms with Gasteiger partial charge in [-0.05, 0) is 30.7 Å². The van der Waals surface area contributed by atoms with E-state index in [4.69, 9.17) is 0 Å². The normalized spacial score (nSPS) is 10.4. The highest BCUT2D eigenvalue weighted by Crippen LogP contribution is 2.19. The second-order valence-electron chi connectivity index (χ2n) is 5.63. The minimum Gasteiger partial charge on any atom is -0.326 e. The van der Waals surface area contributed by atoms with Crippen LogP contribution in [0.25, 0.3) is 0 Å². The molecule has 0 atom stereocenters. The number of benzene rings is 2. The zero-order valence-corrected chi connectivity index (χ0v) is 13.4. The summed E-state index contributed by atoms with van der Waals surface area (Å²) < 4.78 is 0. The molecular formula is C20H18N2O2. The van der Waals surface area contributed by atoms with E-state index in [1.807, 2.05) is 60.7 Å². The summed E-state index contributed by atoms with van der Waals surface area (Å²) in [5.41, 5.74) is 2.60. The zero-order chi connectivity index (χ0) is 16.9. The maximum atomic E-state index is 13.0. The summed E-state index contributed by atoms with van der Waals surface area (Å²) in [6, 6.07) is 22.3. The van der Waals surface area contributed by atoms with Crippen molar-refractivity contribution in [1.82, 2.24) is 4.98 Å². The summed E-state index contributed by atoms with van der Waals surface area (Å²) in [6.07, 6.45) is 0. The van der Waals surface area contributed by atoms with Gasteiger partial charge in [-0.2, -0.15) is 0 Å². The molecule has 1 heterocycles. The van der Waals surface area contributed by atoms with Crippen molar-refractivity contribution in [2.45, 2.75) is 13.5 Å². The number of hydrogen-bond acceptors (Lipinski definition) is 2. The number of aromatic nitrogens is 1. The van der Waals surface area contributed by atoms with Gasteiger partial charge >= 0.3 is 0 Å². The van der Waals surface area contributed by atoms with E-state index in [-0.39, 0.29) is 11.5 Å². The predicted molar refractivity (Wildman–Crippen MR) is 95.2 cm³/mol. The molecule has 4 heteroatoms. The lowest BCUT2D eigenvalue weighted by atomic mass is 10.1. The Morgan fingerprint density at radius 1 is 0.958 bits per heavy atom. The molecule has 0 aliphatic heterocycles. The average Bonchev–Trinajstić information content (AvgIpc) is 2.60. The van der Waals surface area contributed by atoms with Gasteiger partial charge in [0.2, 0.25) is 5.56 Å². The highest BCUT2D eigenvalue weighted by molar-refractivity contribution is 6.06. The van der Waals surface area contributed by atoms with Crippen molar-refractivity contribution in [2.24, 2.45) is 0 Å². The Bertz CT molecular complexity index is 886. The number of nitrogens with zero attached hydrogens (tertiary/aromatic N) is 1. The maximum Gasteiger partial charge on any atom is 0.258 e. The quantitative estimate of drug-likeness (QED) is 0.800. The van der Waals surface area contributed by atoms with Crippen LogP contribution in [0, 0.1) is 6.92 Å². The summed E-state index contributed by atoms with van der Waals surface area (Å²) in [7, 11) is 0. The van der Waals surface area contributed by atoms with Crippen LogP contribution < -0.4 is 10.5 Å². The number of carbonyl (C=O) groups excluding carboxylic acids is 1. The smallest absolute Gasteiger partial charge is 0.258 e. The van der Waals surface area contributed by atoms with E-state index in [2.05, 4.69) is 4.98 Å². The lowest BCUT2D eigenvalue weighted by Crippen LogP contribution is -2.31. The lowest BCUT2D eigenvalue weighted by Gasteiger charge is -2.23. The van der Waals surface area contributed by atoms with Gasteiger partial charge in [0.05, 0.1) is 6.54 Å². The Kier molecular flexibility index (Phi) is 4.57. The molecule has 0 fully saturated rings. The molecule has 120 valence electrons. The topological polar surface area (TPSA) is 53.2 Å². The van der Waals surface area contributed by atoms with Crippen LogP contribution in [-0.4, -0.2) is 10.9 Å². The van der Waals surface area contributed by atoms with Crippen molar-refractivity contribution in [3.8, 4) is 0 Å². The van der Waals surface area contributed by atoms with E-state index in [9.17, 15) is 9.59 Å². The van der Waals surface area contributed by atoms with Crippen molar-refractivity contribution in [3.05, 3.63) is 100.0 Å². The van der Waals surface area contributed by atoms with Gasteiger partial charge < -0.3 is 9.88 Å². The highest BCUT2D eigenvalue weighted by atomic mass is 16.2. The van der Waals surface area contributed by atoms with Crippen LogP contribution in [0.15, 0.2) is 77.6 Å². The van der Waals surface area contributed by atoms with Gasteiger partial charge in [-0.15, -0.1) is 0 Å². The Balaban J connectivity index is 2.00. The van der Waals surface area contributed by atoms with Crippen molar-refractivity contribution in [2.75, 3.05) is 4.90 Å². The number of aromatic amines is 1. The Hall–Kier alpha value is -3.14. The Labute approximate surface area is 140 Å². The van der Waals surface area contributed by atoms with Crippen LogP contribution in [0.4, 0.5) is 5.69 Å². The minimum atomic E-state index is -0.272. The van der Waals surface area contributed by atoms with Crippen LogP contribution in [0.3, 0.4) is 0 Å². The van der Waals surface area contributed by atoms with E-state index in [0.29, 0.717) is 17.8 Å². The standard InChI is InChI=1S/C20H18N2O2/c1-15-12-17(13-19(23)21-15)20(24)22(18-10-6-3-7-11-18)14-16-8-4-2-5-9-16/h2-13H,14H2,1H3,(H,21,23). The largest absolute Gasteiger partial charge is 0.326 e. The number of nitrogens with one attached hydrogen (secondary N) is 1. The second-order valence-corrected chi connectivity index (χ2v) is 5.63. The second kappa shape index (κ2) is 6.96. The van der Waals surface area contributed by atoms with Gasteiger partial charge in [-0.25, -0.2) is 0 Å². The molecule has 0 bridgehead atoms. The number of H-pyrrole nitrogens is 1. The van der Waals surface area contributed by atoms with E-state index in [1.54, 1.807) is 17.9 Å². The molecule has 24 heavy (non-hydrogen) atoms. The van der Waals surface area contributed by atoms with Crippen LogP contribution in [0.2, 0.25) is 0 Å². The third-order valence-corrected chi connectivity index (χ3v) is 3.72. The molecular weight excluding hydrogens is 300 g/mol. The van der Waals surface area contributed by atoms with Gasteiger partial charge in [0, 0.05) is 23.0 Å². The number of pyridine rings is 1. The van der Waals surface area contributed by atoms with Gasteiger partial charge in [0.25, 0.3) is 5.91 Å². The molecule has 2 aromatic carbocycles. The summed E-state index contributed by atoms with van der Waals surface area (Å²) >= 11 is 0. The predicted octanol–water partition coefficient (Wildman–Crippen LogP) is 3.53. The number of carbonyl (C=O) groups is 1. The number of amides is 1. The van der Waals surface area contributed by atoms with Crippen molar-refractivity contribution >= 4 is 11.6 Å². The van der Waals surface area contributed by atoms with Crippen LogP contribution in [0.1, 0.15) is 21.6 Å². The summed E-state index contributed by atoms with van der Waals surface area (Å²) in [6.45, 7) is 2.21. The average molecular weight is 318 g/mol. The maximum absolute atomic E-state index is 13.0. The first-order valence-electron chi connectivity index (χ1n) is 7.75. The fourth-order valence-electron chi connectivity index (χ4n) is 2.62. The number of hydrogen-bond donors (Lipinski definition) is 1. The van der Waals surface area contributed by atoms with Crippen LogP contribution in [0.5, 0.6) is 0 Å². The first-order chi connectivity index (χ1) is 11.6. The summed E-state index contributed by atoms with van der Waals surface area (Å²) in [5.74, 6) is -0.195. The van der Waals surface area contributed by atoms with Gasteiger partial charge in [0.1, 0.15) is 0 Å². The first-order valence-corrected chi connectivity index (χ1v) is 7.75. The van der Waals surface area contributed by atoms with Crippen molar-refractivity contribution < 1.29 is 4.79 Å². The van der Waals surface area contributed by atoms with Gasteiger partial charge in [-0.1, -0.05) is 48.5 Å². The first kappa shape index (κ1) is 15.7. The monoisotopic (exact) mass is 318 g/mol. The molecule has 0 aliphatic carbocycles. The van der Waals surface area contributed by atoms with E-state index in [1.165, 1.54) is 6.07 Å². The third kappa shape index (κ3) is 3.60. The minimum absolute atomic E-state index is 0.195. The molecule has 0 saturated heterocycles. The molecule has 4 nitrogen and oxygen atoms in total. The zero-order valence-electron chi connectivity index (χ0n) is 13.4. The number of anilines is 1. The Morgan fingerprint density at radius 3 is 2.21 bits per heavy atom. The SMILES string of the molecule is Cc1cc(C(=O)N(Cc2ccccc2)c2ccccc2)cc(=O)[nH]1. The van der Waals surface area contributed by atoms with E-state index in [0.717, 1.165) is 11.3 Å². The molecule has 0 radical (unpaired) electrons. The van der Waals surface area contributed by atoms with Crippen LogP contribution in [-0.2, 0) is 6.54 Å². The molecule has 1 aromatic heterocycles. The molecule has 3 rings (SSSR count). The summed E-state index contributed by atoms with van der Waals surface area (Å²) in [4.78, 5) is 29.1. The molecule has 0 spiro atoms. The number of para-hydroxylation sites is 1. The van der Waals surface area contributed by atoms with Gasteiger partial charge in [-0.3, -0.25) is 9.59 Å². The highest BCUT2D eigenvalue weighted by Gasteiger charge is 2.18. The molecule has 0 aliphatic rings. The third-order valence-electron chi connectivity index (χ3n) is 3.72. The van der Waals surface area contributed by atoms with E-state index >= 15 is 0 Å². The number of aryl methyl sites for hydroxylation is 1. The lowest BCUT2D eigenvalue weighted by molar-refractivity contribution is 0.0985. The van der Waals surface area contributed by atoms with E-state index < -0.39 is 0 Å². The van der Waals surface area contributed by atoms with Crippen molar-refractivity contribution in [3.63, 3.8) is 0 Å². The molecule has 1 amide bonds. The molecule has 1 N–H and O–H groups in total. The summed E-state index contributed by atoms with van der Waals surface area (Å²) in [5, 5.41) is 0. The van der Waals surface area contributed by atoms with Crippen LogP contribution >= 0.6 is 0 Å². The molecule has 3 aromatic rings. The van der Waals surface area contributed by atoms with Crippen molar-refractivity contribution in [1.29, 1.82) is 0 Å². The molecule has 0 unspecified atom stereocenters. The van der Waals surface area contributed by atoms with Gasteiger partial charge in [0.15, 0.2) is 0 Å².